The Morgan fingerprint density at radius 3 is 2.69 bits per heavy atom. The van der Waals surface area contributed by atoms with Crippen molar-refractivity contribution in [2.45, 2.75) is 0 Å². The number of carbonyl (C=O) groups is 1. The van der Waals surface area contributed by atoms with Crippen molar-refractivity contribution in [2.75, 3.05) is 31.6 Å². The molecular formula is C21H19N3O5. The molecule has 0 radical (unpaired) electrons. The summed E-state index contributed by atoms with van der Waals surface area (Å²) in [4.78, 5) is 17.0. The number of benzene rings is 2. The van der Waals surface area contributed by atoms with Gasteiger partial charge in [-0.25, -0.2) is 4.98 Å². The second-order valence-corrected chi connectivity index (χ2v) is 6.14. The van der Waals surface area contributed by atoms with E-state index in [1.165, 1.54) is 7.11 Å². The maximum atomic E-state index is 12.7. The number of ether oxygens (including phenoxy) is 4. The third kappa shape index (κ3) is 4.01. The van der Waals surface area contributed by atoms with E-state index in [9.17, 15) is 4.79 Å². The highest BCUT2D eigenvalue weighted by Gasteiger charge is 2.14. The van der Waals surface area contributed by atoms with E-state index in [1.54, 1.807) is 43.6 Å². The molecule has 148 valence electrons. The summed E-state index contributed by atoms with van der Waals surface area (Å²) in [7, 11) is 3.10. The van der Waals surface area contributed by atoms with Crippen LogP contribution in [-0.4, -0.2) is 31.9 Å². The summed E-state index contributed by atoms with van der Waals surface area (Å²) in [5.74, 6) is 2.74. The number of hydrogen-bond acceptors (Lipinski definition) is 7. The maximum Gasteiger partial charge on any atom is 0.255 e. The number of methoxy groups -OCH3 is 2. The minimum absolute atomic E-state index is 0.210. The van der Waals surface area contributed by atoms with Crippen LogP contribution in [0.3, 0.4) is 0 Å². The molecular weight excluding hydrogens is 374 g/mol. The van der Waals surface area contributed by atoms with Crippen molar-refractivity contribution in [3.05, 3.63) is 60.3 Å². The molecule has 2 heterocycles. The van der Waals surface area contributed by atoms with Crippen LogP contribution in [0.5, 0.6) is 23.0 Å². The van der Waals surface area contributed by atoms with Gasteiger partial charge in [0.05, 0.1) is 19.9 Å². The molecule has 1 aliphatic rings. The van der Waals surface area contributed by atoms with E-state index < -0.39 is 0 Å². The molecule has 1 aromatic heterocycles. The molecule has 4 rings (SSSR count). The molecule has 0 unspecified atom stereocenters. The Hall–Kier alpha value is -3.94. The van der Waals surface area contributed by atoms with E-state index in [1.807, 2.05) is 18.2 Å². The van der Waals surface area contributed by atoms with Gasteiger partial charge in [0, 0.05) is 29.6 Å². The second kappa shape index (κ2) is 7.97. The van der Waals surface area contributed by atoms with Gasteiger partial charge in [-0.05, 0) is 36.4 Å². The average molecular weight is 393 g/mol. The van der Waals surface area contributed by atoms with Crippen LogP contribution in [0.4, 0.5) is 17.2 Å². The Morgan fingerprint density at radius 2 is 1.86 bits per heavy atom. The van der Waals surface area contributed by atoms with Gasteiger partial charge in [-0.3, -0.25) is 4.79 Å². The lowest BCUT2D eigenvalue weighted by molar-refractivity contribution is 0.102. The van der Waals surface area contributed by atoms with Crippen LogP contribution in [0.15, 0.2) is 54.7 Å². The Labute approximate surface area is 167 Å². The number of nitrogens with zero attached hydrogens (tertiary/aromatic N) is 1. The monoisotopic (exact) mass is 393 g/mol. The maximum absolute atomic E-state index is 12.7. The summed E-state index contributed by atoms with van der Waals surface area (Å²) < 4.78 is 21.2. The van der Waals surface area contributed by atoms with Crippen LogP contribution in [0.1, 0.15) is 10.4 Å². The van der Waals surface area contributed by atoms with Gasteiger partial charge >= 0.3 is 0 Å². The minimum Gasteiger partial charge on any atom is -0.497 e. The molecule has 1 aliphatic heterocycles. The summed E-state index contributed by atoms with van der Waals surface area (Å²) >= 11 is 0. The molecule has 0 aliphatic carbocycles. The molecule has 3 aromatic rings. The molecule has 0 saturated carbocycles. The van der Waals surface area contributed by atoms with Crippen LogP contribution in [0.25, 0.3) is 0 Å². The number of fused-ring (bicyclic) bond motifs is 1. The van der Waals surface area contributed by atoms with Crippen LogP contribution in [0.2, 0.25) is 0 Å². The molecule has 0 saturated heterocycles. The molecule has 1 amide bonds. The minimum atomic E-state index is -0.287. The van der Waals surface area contributed by atoms with Gasteiger partial charge in [0.2, 0.25) is 6.79 Å². The first-order valence-corrected chi connectivity index (χ1v) is 8.82. The third-order valence-electron chi connectivity index (χ3n) is 4.32. The Morgan fingerprint density at radius 1 is 1.00 bits per heavy atom. The number of amides is 1. The average Bonchev–Trinajstić information content (AvgIpc) is 3.22. The fourth-order valence-electron chi connectivity index (χ4n) is 2.86. The first-order chi connectivity index (χ1) is 14.2. The molecule has 0 bridgehead atoms. The van der Waals surface area contributed by atoms with Crippen LogP contribution in [0, 0.1) is 0 Å². The summed E-state index contributed by atoms with van der Waals surface area (Å²) in [6.07, 6.45) is 1.56. The van der Waals surface area contributed by atoms with Crippen molar-refractivity contribution < 1.29 is 23.7 Å². The number of nitrogens with one attached hydrogen (secondary N) is 2. The lowest BCUT2D eigenvalue weighted by Gasteiger charge is -2.12. The fraction of sp³-hybridized carbons (Fsp3) is 0.143. The zero-order chi connectivity index (χ0) is 20.2. The first-order valence-electron chi connectivity index (χ1n) is 8.82. The van der Waals surface area contributed by atoms with Crippen LogP contribution >= 0.6 is 0 Å². The van der Waals surface area contributed by atoms with E-state index in [2.05, 4.69) is 15.6 Å². The molecule has 0 spiro atoms. The molecule has 8 heteroatoms. The molecule has 29 heavy (non-hydrogen) atoms. The Kier molecular flexibility index (Phi) is 5.07. The van der Waals surface area contributed by atoms with Crippen molar-refractivity contribution in [1.82, 2.24) is 4.98 Å². The molecule has 8 nitrogen and oxygen atoms in total. The van der Waals surface area contributed by atoms with Crippen molar-refractivity contribution in [3.63, 3.8) is 0 Å². The topological polar surface area (TPSA) is 90.9 Å². The number of anilines is 3. The first kappa shape index (κ1) is 18.4. The molecule has 2 N–H and O–H groups in total. The van der Waals surface area contributed by atoms with Gasteiger partial charge in [0.1, 0.15) is 17.3 Å². The summed E-state index contributed by atoms with van der Waals surface area (Å²) in [5.41, 5.74) is 1.76. The van der Waals surface area contributed by atoms with Crippen LogP contribution in [-0.2, 0) is 0 Å². The van der Waals surface area contributed by atoms with Gasteiger partial charge in [0.15, 0.2) is 11.5 Å². The summed E-state index contributed by atoms with van der Waals surface area (Å²) in [5, 5.41) is 6.01. The number of pyridine rings is 1. The van der Waals surface area contributed by atoms with Gasteiger partial charge in [0.25, 0.3) is 5.91 Å². The molecule has 2 aromatic carbocycles. The SMILES string of the molecule is COc1ccc(NC(=O)c2ccnc(Nc3ccc4c(c3)OCO4)c2)c(OC)c1. The third-order valence-corrected chi connectivity index (χ3v) is 4.32. The largest absolute Gasteiger partial charge is 0.497 e. The van der Waals surface area contributed by atoms with E-state index in [-0.39, 0.29) is 12.7 Å². The predicted molar refractivity (Wildman–Crippen MR) is 108 cm³/mol. The van der Waals surface area contributed by atoms with Crippen LogP contribution < -0.4 is 29.6 Å². The number of hydrogen-bond donors (Lipinski definition) is 2. The van der Waals surface area contributed by atoms with Gasteiger partial charge in [-0.2, -0.15) is 0 Å². The Balaban J connectivity index is 1.50. The summed E-state index contributed by atoms with van der Waals surface area (Å²) in [6.45, 7) is 0.210. The Bertz CT molecular complexity index is 1050. The van der Waals surface area contributed by atoms with Crippen molar-refractivity contribution in [3.8, 4) is 23.0 Å². The summed E-state index contributed by atoms with van der Waals surface area (Å²) in [6, 6.07) is 14.0. The number of aromatic nitrogens is 1. The zero-order valence-electron chi connectivity index (χ0n) is 15.9. The van der Waals surface area contributed by atoms with E-state index in [0.717, 1.165) is 5.69 Å². The fourth-order valence-corrected chi connectivity index (χ4v) is 2.86. The molecule has 0 atom stereocenters. The lowest BCUT2D eigenvalue weighted by Crippen LogP contribution is -2.13. The van der Waals surface area contributed by atoms with Crippen molar-refractivity contribution in [1.29, 1.82) is 0 Å². The zero-order valence-corrected chi connectivity index (χ0v) is 15.9. The highest BCUT2D eigenvalue weighted by Crippen LogP contribution is 2.35. The van der Waals surface area contributed by atoms with Crippen molar-refractivity contribution in [2.24, 2.45) is 0 Å². The highest BCUT2D eigenvalue weighted by atomic mass is 16.7. The van der Waals surface area contributed by atoms with Crippen molar-refractivity contribution >= 4 is 23.1 Å². The second-order valence-electron chi connectivity index (χ2n) is 6.14. The van der Waals surface area contributed by atoms with Gasteiger partial charge in [-0.1, -0.05) is 0 Å². The van der Waals surface area contributed by atoms with E-state index in [4.69, 9.17) is 18.9 Å². The highest BCUT2D eigenvalue weighted by molar-refractivity contribution is 6.05. The normalized spacial score (nSPS) is 11.7. The van der Waals surface area contributed by atoms with Gasteiger partial charge < -0.3 is 29.6 Å². The van der Waals surface area contributed by atoms with E-state index in [0.29, 0.717) is 40.1 Å². The number of carbonyl (C=O) groups excluding carboxylic acids is 1. The standard InChI is InChI=1S/C21H19N3O5/c1-26-15-4-5-16(18(11-15)27-2)24-21(25)13-7-8-22-20(9-13)23-14-3-6-17-19(10-14)29-12-28-17/h3-11H,12H2,1-2H3,(H,22,23)(H,24,25). The quantitative estimate of drug-likeness (QED) is 0.658. The lowest BCUT2D eigenvalue weighted by atomic mass is 10.2. The number of rotatable bonds is 6. The molecule has 0 fully saturated rings. The smallest absolute Gasteiger partial charge is 0.255 e. The predicted octanol–water partition coefficient (Wildman–Crippen LogP) is 3.82. The van der Waals surface area contributed by atoms with Gasteiger partial charge in [-0.15, -0.1) is 0 Å². The van der Waals surface area contributed by atoms with E-state index >= 15 is 0 Å².